The van der Waals surface area contributed by atoms with Crippen LogP contribution in [0.3, 0.4) is 0 Å². The van der Waals surface area contributed by atoms with E-state index in [1.54, 1.807) is 23.1 Å². The van der Waals surface area contributed by atoms with Crippen LogP contribution in [0.1, 0.15) is 54.4 Å². The number of hydrogen-bond donors (Lipinski definition) is 2. The molecule has 2 N–H and O–H groups in total. The maximum absolute atomic E-state index is 13.8. The van der Waals surface area contributed by atoms with Gasteiger partial charge in [-0.2, -0.15) is 13.2 Å². The van der Waals surface area contributed by atoms with Crippen LogP contribution in [0.2, 0.25) is 5.02 Å². The van der Waals surface area contributed by atoms with Crippen molar-refractivity contribution in [2.24, 2.45) is 5.92 Å². The summed E-state index contributed by atoms with van der Waals surface area (Å²) in [7, 11) is 0. The van der Waals surface area contributed by atoms with Crippen LogP contribution in [0.4, 0.5) is 13.2 Å². The van der Waals surface area contributed by atoms with Crippen molar-refractivity contribution in [3.63, 3.8) is 0 Å². The van der Waals surface area contributed by atoms with E-state index in [0.717, 1.165) is 36.3 Å². The maximum atomic E-state index is 13.8. The van der Waals surface area contributed by atoms with Crippen LogP contribution >= 0.6 is 11.6 Å². The molecule has 0 aliphatic carbocycles. The highest BCUT2D eigenvalue weighted by Crippen LogP contribution is 2.41. The van der Waals surface area contributed by atoms with Crippen molar-refractivity contribution in [2.75, 3.05) is 32.8 Å². The Balaban J connectivity index is 1.19. The summed E-state index contributed by atoms with van der Waals surface area (Å²) >= 11 is 6.31. The van der Waals surface area contributed by atoms with Crippen LogP contribution in [0.15, 0.2) is 48.5 Å². The molecule has 2 atom stereocenters. The van der Waals surface area contributed by atoms with Crippen molar-refractivity contribution in [3.8, 4) is 5.75 Å². The Morgan fingerprint density at radius 2 is 1.65 bits per heavy atom. The van der Waals surface area contributed by atoms with Crippen molar-refractivity contribution in [2.45, 2.75) is 56.4 Å². The normalized spacial score (nSPS) is 19.9. The fourth-order valence-corrected chi connectivity index (χ4v) is 5.57. The van der Waals surface area contributed by atoms with Crippen molar-refractivity contribution in [1.82, 2.24) is 9.80 Å². The number of carbonyl (C=O) groups is 2. The van der Waals surface area contributed by atoms with Gasteiger partial charge in [-0.3, -0.25) is 9.59 Å². The molecule has 4 rings (SSSR count). The van der Waals surface area contributed by atoms with E-state index < -0.39 is 29.4 Å². The molecule has 2 amide bonds. The number of piperidine rings is 1. The highest BCUT2D eigenvalue weighted by atomic mass is 35.5. The number of nitrogens with zero attached hydrogens (tertiary/aromatic N) is 2. The molecule has 7 nitrogen and oxygen atoms in total. The summed E-state index contributed by atoms with van der Waals surface area (Å²) in [5.41, 5.74) is -3.68. The van der Waals surface area contributed by atoms with Crippen LogP contribution in [0.5, 0.6) is 5.75 Å². The molecule has 0 aromatic heterocycles. The van der Waals surface area contributed by atoms with Crippen molar-refractivity contribution in [1.29, 1.82) is 0 Å². The Morgan fingerprint density at radius 3 is 2.25 bits per heavy atom. The van der Waals surface area contributed by atoms with Gasteiger partial charge in [-0.1, -0.05) is 48.4 Å². The first kappa shape index (κ1) is 30.1. The van der Waals surface area contributed by atoms with E-state index in [1.807, 2.05) is 0 Å². The average Bonchev–Trinajstić information content (AvgIpc) is 3.38. The predicted octanol–water partition coefficient (Wildman–Crippen LogP) is 4.78. The molecule has 2 aliphatic heterocycles. The van der Waals surface area contributed by atoms with E-state index in [0.29, 0.717) is 50.3 Å². The van der Waals surface area contributed by atoms with E-state index in [2.05, 4.69) is 0 Å². The third-order valence-electron chi connectivity index (χ3n) is 7.71. The van der Waals surface area contributed by atoms with E-state index in [4.69, 9.17) is 16.3 Å². The van der Waals surface area contributed by atoms with Crippen LogP contribution in [0.25, 0.3) is 0 Å². The molecule has 1 unspecified atom stereocenters. The highest BCUT2D eigenvalue weighted by molar-refractivity contribution is 6.34. The lowest BCUT2D eigenvalue weighted by Crippen LogP contribution is -2.57. The number of likely N-dealkylation sites (tertiary alicyclic amines) is 2. The summed E-state index contributed by atoms with van der Waals surface area (Å²) in [6, 6.07) is 11.4. The number of halogens is 4. The lowest BCUT2D eigenvalue weighted by atomic mass is 9.88. The summed E-state index contributed by atoms with van der Waals surface area (Å²) in [5.74, 6) is -0.736. The average molecular weight is 583 g/mol. The second-order valence-electron chi connectivity index (χ2n) is 10.5. The SMILES string of the molecule is O=C(c1ccc(OCCCCC2CCN(C(=O)C(O)(c3ccccc3)C(F)(F)F)CC2)cc1Cl)N1CC[C@@H](O)C1. The molecule has 2 heterocycles. The van der Waals surface area contributed by atoms with E-state index in [9.17, 15) is 33.0 Å². The molecule has 2 aliphatic rings. The molecule has 2 aromatic rings. The van der Waals surface area contributed by atoms with Crippen molar-refractivity contribution < 1.29 is 37.7 Å². The van der Waals surface area contributed by atoms with Crippen molar-refractivity contribution >= 4 is 23.4 Å². The summed E-state index contributed by atoms with van der Waals surface area (Å²) in [6.45, 7) is 1.55. The molecule has 11 heteroatoms. The Hall–Kier alpha value is -2.82. The van der Waals surface area contributed by atoms with E-state index >= 15 is 0 Å². The summed E-state index contributed by atoms with van der Waals surface area (Å²) in [5, 5.41) is 20.5. The van der Waals surface area contributed by atoms with Crippen molar-refractivity contribution in [3.05, 3.63) is 64.7 Å². The molecule has 0 spiro atoms. The first-order chi connectivity index (χ1) is 19.0. The number of rotatable bonds is 9. The minimum atomic E-state index is -5.14. The van der Waals surface area contributed by atoms with Gasteiger partial charge >= 0.3 is 6.18 Å². The fourth-order valence-electron chi connectivity index (χ4n) is 5.32. The fraction of sp³-hybridized carbons (Fsp3) is 0.517. The maximum Gasteiger partial charge on any atom is 0.430 e. The molecule has 2 saturated heterocycles. The number of carbonyl (C=O) groups excluding carboxylic acids is 2. The van der Waals surface area contributed by atoms with Gasteiger partial charge in [-0.25, -0.2) is 0 Å². The molecule has 0 radical (unpaired) electrons. The Labute approximate surface area is 236 Å². The Kier molecular flexibility index (Phi) is 9.64. The van der Waals surface area contributed by atoms with Gasteiger partial charge in [0, 0.05) is 31.7 Å². The third kappa shape index (κ3) is 6.72. The Morgan fingerprint density at radius 1 is 0.975 bits per heavy atom. The first-order valence-electron chi connectivity index (χ1n) is 13.5. The van der Waals surface area contributed by atoms with Crippen LogP contribution in [0, 0.1) is 5.92 Å². The number of amides is 2. The van der Waals surface area contributed by atoms with Gasteiger partial charge in [-0.15, -0.1) is 0 Å². The number of unbranched alkanes of at least 4 members (excludes halogenated alkanes) is 1. The molecule has 2 fully saturated rings. The monoisotopic (exact) mass is 582 g/mol. The topological polar surface area (TPSA) is 90.3 Å². The molecular weight excluding hydrogens is 549 g/mol. The number of aliphatic hydroxyl groups excluding tert-OH is 1. The molecule has 218 valence electrons. The second kappa shape index (κ2) is 12.8. The number of aliphatic hydroxyl groups is 2. The van der Waals surface area contributed by atoms with Gasteiger partial charge in [0.25, 0.3) is 17.4 Å². The van der Waals surface area contributed by atoms with E-state index in [1.165, 1.54) is 18.2 Å². The minimum absolute atomic E-state index is 0.158. The number of hydrogen-bond acceptors (Lipinski definition) is 5. The number of alkyl halides is 3. The molecular formula is C29H34ClF3N2O5. The van der Waals surface area contributed by atoms with Crippen LogP contribution in [-0.4, -0.2) is 76.9 Å². The highest BCUT2D eigenvalue weighted by Gasteiger charge is 2.62. The van der Waals surface area contributed by atoms with Gasteiger partial charge in [0.05, 0.1) is 23.3 Å². The zero-order chi connectivity index (χ0) is 28.9. The summed E-state index contributed by atoms with van der Waals surface area (Å²) in [6.07, 6.45) is -1.51. The van der Waals surface area contributed by atoms with Gasteiger partial charge in [0.1, 0.15) is 5.75 Å². The van der Waals surface area contributed by atoms with Crippen LogP contribution in [-0.2, 0) is 10.4 Å². The van der Waals surface area contributed by atoms with Gasteiger partial charge < -0.3 is 24.7 Å². The molecule has 2 aromatic carbocycles. The molecule has 0 bridgehead atoms. The number of benzene rings is 2. The zero-order valence-electron chi connectivity index (χ0n) is 22.1. The third-order valence-corrected chi connectivity index (χ3v) is 8.02. The van der Waals surface area contributed by atoms with Gasteiger partial charge in [0.2, 0.25) is 0 Å². The first-order valence-corrected chi connectivity index (χ1v) is 13.9. The second-order valence-corrected chi connectivity index (χ2v) is 10.9. The molecule has 0 saturated carbocycles. The lowest BCUT2D eigenvalue weighted by Gasteiger charge is -2.38. The standard InChI is InChI=1S/C29H34ClF3N2O5/c30-25-18-23(9-10-24(25)26(37)35-16-13-22(36)19-35)40-17-5-4-6-20-11-14-34(15-12-20)27(38)28(39,29(31,32)33)21-7-2-1-3-8-21/h1-3,7-10,18,20,22,36,39H,4-6,11-17,19H2/t22-,28?/m1/s1. The molecule has 40 heavy (non-hydrogen) atoms. The Bertz CT molecular complexity index is 1170. The predicted molar refractivity (Wildman–Crippen MR) is 143 cm³/mol. The van der Waals surface area contributed by atoms with Crippen LogP contribution < -0.4 is 4.74 Å². The number of ether oxygens (including phenoxy) is 1. The van der Waals surface area contributed by atoms with E-state index in [-0.39, 0.29) is 29.9 Å². The zero-order valence-corrected chi connectivity index (χ0v) is 22.8. The minimum Gasteiger partial charge on any atom is -0.494 e. The largest absolute Gasteiger partial charge is 0.494 e. The number of β-amino-alcohol motifs (C(OH)–C–C–N with tert-alkyl or cyclic N) is 1. The van der Waals surface area contributed by atoms with Gasteiger partial charge in [0.15, 0.2) is 0 Å². The quantitative estimate of drug-likeness (QED) is 0.415. The lowest BCUT2D eigenvalue weighted by molar-refractivity contribution is -0.262. The smallest absolute Gasteiger partial charge is 0.430 e. The summed E-state index contributed by atoms with van der Waals surface area (Å²) in [4.78, 5) is 28.2. The summed E-state index contributed by atoms with van der Waals surface area (Å²) < 4.78 is 47.3. The van der Waals surface area contributed by atoms with Gasteiger partial charge in [-0.05, 0) is 56.2 Å².